The van der Waals surface area contributed by atoms with Gasteiger partial charge in [0.2, 0.25) is 0 Å². The van der Waals surface area contributed by atoms with Gasteiger partial charge in [0, 0.05) is 12.3 Å². The third-order valence-electron chi connectivity index (χ3n) is 1.82. The standard InChI is InChI=1S/C5H9O2P/c1-8(6)2-4-5(3-8)7-4/h4-5H,2-3H2,1H3/t4-,5-/m1/s1. The van der Waals surface area contributed by atoms with Gasteiger partial charge >= 0.3 is 0 Å². The molecule has 0 radical (unpaired) electrons. The largest absolute Gasteiger partial charge is 0.369 e. The van der Waals surface area contributed by atoms with Crippen LogP contribution >= 0.6 is 7.14 Å². The predicted octanol–water partition coefficient (Wildman–Crippen LogP) is 0.760. The molecular formula is C5H9O2P. The van der Waals surface area contributed by atoms with Crippen LogP contribution in [0, 0.1) is 0 Å². The zero-order valence-electron chi connectivity index (χ0n) is 4.83. The summed E-state index contributed by atoms with van der Waals surface area (Å²) in [6, 6.07) is 0. The molecule has 2 atom stereocenters. The van der Waals surface area contributed by atoms with Crippen molar-refractivity contribution in [3.8, 4) is 0 Å². The lowest BCUT2D eigenvalue weighted by atomic mass is 10.4. The number of epoxide rings is 1. The highest BCUT2D eigenvalue weighted by Crippen LogP contribution is 2.56. The number of hydrogen-bond donors (Lipinski definition) is 0. The molecule has 0 saturated carbocycles. The molecule has 0 spiro atoms. The Hall–Kier alpha value is 0.190. The van der Waals surface area contributed by atoms with Crippen molar-refractivity contribution in [3.05, 3.63) is 0 Å². The SMILES string of the molecule is CP1(=O)C[C@H]2O[C@@H]2C1. The summed E-state index contributed by atoms with van der Waals surface area (Å²) in [6.45, 7) is 1.88. The van der Waals surface area contributed by atoms with E-state index in [1.807, 2.05) is 6.66 Å². The quantitative estimate of drug-likeness (QED) is 0.359. The van der Waals surface area contributed by atoms with Crippen molar-refractivity contribution in [1.82, 2.24) is 0 Å². The second kappa shape index (κ2) is 1.19. The van der Waals surface area contributed by atoms with E-state index in [1.165, 1.54) is 0 Å². The highest BCUT2D eigenvalue weighted by molar-refractivity contribution is 7.63. The lowest BCUT2D eigenvalue weighted by molar-refractivity contribution is 0.380. The Kier molecular flexibility index (Phi) is 0.748. The first-order valence-electron chi connectivity index (χ1n) is 2.88. The van der Waals surface area contributed by atoms with Gasteiger partial charge in [0.1, 0.15) is 0 Å². The molecule has 2 aliphatic heterocycles. The Morgan fingerprint density at radius 3 is 2.25 bits per heavy atom. The summed E-state index contributed by atoms with van der Waals surface area (Å²) in [4.78, 5) is 0. The van der Waals surface area contributed by atoms with E-state index in [1.54, 1.807) is 0 Å². The Morgan fingerprint density at radius 1 is 1.50 bits per heavy atom. The van der Waals surface area contributed by atoms with E-state index in [-0.39, 0.29) is 0 Å². The molecule has 0 N–H and O–H groups in total. The Morgan fingerprint density at radius 2 is 2.00 bits per heavy atom. The molecule has 2 fully saturated rings. The summed E-state index contributed by atoms with van der Waals surface area (Å²) < 4.78 is 16.3. The van der Waals surface area contributed by atoms with Crippen molar-refractivity contribution < 1.29 is 9.30 Å². The molecule has 0 unspecified atom stereocenters. The van der Waals surface area contributed by atoms with E-state index in [9.17, 15) is 4.57 Å². The second-order valence-electron chi connectivity index (χ2n) is 2.87. The van der Waals surface area contributed by atoms with Crippen molar-refractivity contribution in [2.45, 2.75) is 12.2 Å². The van der Waals surface area contributed by atoms with Gasteiger partial charge in [-0.25, -0.2) is 0 Å². The van der Waals surface area contributed by atoms with Crippen LogP contribution in [0.2, 0.25) is 0 Å². The van der Waals surface area contributed by atoms with Gasteiger partial charge in [0.25, 0.3) is 0 Å². The molecule has 0 aromatic rings. The van der Waals surface area contributed by atoms with Crippen LogP contribution in [0.1, 0.15) is 0 Å². The third-order valence-corrected chi connectivity index (χ3v) is 4.08. The zero-order chi connectivity index (χ0) is 5.78. The van der Waals surface area contributed by atoms with E-state index in [2.05, 4.69) is 0 Å². The van der Waals surface area contributed by atoms with Crippen molar-refractivity contribution in [2.24, 2.45) is 0 Å². The van der Waals surface area contributed by atoms with Gasteiger partial charge in [-0.05, 0) is 6.66 Å². The lowest BCUT2D eigenvalue weighted by Crippen LogP contribution is -1.89. The molecule has 0 amide bonds. The van der Waals surface area contributed by atoms with Crippen LogP contribution in [0.3, 0.4) is 0 Å². The monoisotopic (exact) mass is 132 g/mol. The van der Waals surface area contributed by atoms with Crippen molar-refractivity contribution in [3.63, 3.8) is 0 Å². The fourth-order valence-electron chi connectivity index (χ4n) is 1.34. The molecule has 2 saturated heterocycles. The summed E-state index contributed by atoms with van der Waals surface area (Å²) in [6.07, 6.45) is 2.48. The predicted molar refractivity (Wildman–Crippen MR) is 31.9 cm³/mol. The van der Waals surface area contributed by atoms with Crippen LogP contribution < -0.4 is 0 Å². The second-order valence-corrected chi connectivity index (χ2v) is 6.20. The van der Waals surface area contributed by atoms with Gasteiger partial charge in [-0.3, -0.25) is 0 Å². The summed E-state index contributed by atoms with van der Waals surface area (Å²) >= 11 is 0. The first kappa shape index (κ1) is 5.01. The van der Waals surface area contributed by atoms with Crippen LogP contribution in [0.15, 0.2) is 0 Å². The van der Waals surface area contributed by atoms with Crippen LogP contribution in [-0.2, 0) is 9.30 Å². The molecule has 2 nitrogen and oxygen atoms in total. The maximum atomic E-state index is 11.2. The molecule has 46 valence electrons. The summed E-state index contributed by atoms with van der Waals surface area (Å²) in [5.74, 6) is 0. The van der Waals surface area contributed by atoms with Gasteiger partial charge in [-0.15, -0.1) is 0 Å². The van der Waals surface area contributed by atoms with Gasteiger partial charge in [0.05, 0.1) is 19.3 Å². The van der Waals surface area contributed by atoms with E-state index in [0.717, 1.165) is 12.3 Å². The van der Waals surface area contributed by atoms with E-state index in [4.69, 9.17) is 4.74 Å². The highest BCUT2D eigenvalue weighted by Gasteiger charge is 2.51. The summed E-state index contributed by atoms with van der Waals surface area (Å²) in [5, 5.41) is 0. The minimum atomic E-state index is -1.67. The fraction of sp³-hybridized carbons (Fsp3) is 1.00. The molecule has 3 heteroatoms. The minimum Gasteiger partial charge on any atom is -0.369 e. The molecule has 0 aromatic heterocycles. The first-order chi connectivity index (χ1) is 3.67. The maximum absolute atomic E-state index is 11.2. The third kappa shape index (κ3) is 0.636. The molecule has 0 aliphatic carbocycles. The molecular weight excluding hydrogens is 123 g/mol. The maximum Gasteiger partial charge on any atom is 0.0914 e. The normalized spacial score (nSPS) is 48.6. The smallest absolute Gasteiger partial charge is 0.0914 e. The van der Waals surface area contributed by atoms with Gasteiger partial charge in [-0.2, -0.15) is 0 Å². The molecule has 2 aliphatic rings. The summed E-state index contributed by atoms with van der Waals surface area (Å²) in [5.41, 5.74) is 0. The average Bonchev–Trinajstić information content (AvgIpc) is 2.11. The van der Waals surface area contributed by atoms with Crippen LogP contribution in [-0.4, -0.2) is 31.2 Å². The van der Waals surface area contributed by atoms with E-state index >= 15 is 0 Å². The molecule has 2 heterocycles. The summed E-state index contributed by atoms with van der Waals surface area (Å²) in [7, 11) is -1.67. The lowest BCUT2D eigenvalue weighted by Gasteiger charge is -2.02. The highest BCUT2D eigenvalue weighted by atomic mass is 31.2. The van der Waals surface area contributed by atoms with E-state index < -0.39 is 7.14 Å². The average molecular weight is 132 g/mol. The number of fused-ring (bicyclic) bond motifs is 1. The van der Waals surface area contributed by atoms with Gasteiger partial charge in [-0.1, -0.05) is 0 Å². The number of hydrogen-bond acceptors (Lipinski definition) is 2. The first-order valence-corrected chi connectivity index (χ1v) is 5.41. The fourth-order valence-corrected chi connectivity index (χ4v) is 3.65. The molecule has 0 aromatic carbocycles. The minimum absolute atomic E-state index is 0.394. The molecule has 8 heavy (non-hydrogen) atoms. The number of rotatable bonds is 0. The van der Waals surface area contributed by atoms with Crippen molar-refractivity contribution in [2.75, 3.05) is 19.0 Å². The Labute approximate surface area is 48.6 Å². The Bertz CT molecular complexity index is 152. The van der Waals surface area contributed by atoms with Crippen molar-refractivity contribution in [1.29, 1.82) is 0 Å². The Balaban J connectivity index is 2.18. The topological polar surface area (TPSA) is 29.6 Å². The van der Waals surface area contributed by atoms with Crippen LogP contribution in [0.5, 0.6) is 0 Å². The van der Waals surface area contributed by atoms with E-state index in [0.29, 0.717) is 12.2 Å². The van der Waals surface area contributed by atoms with Gasteiger partial charge in [0.15, 0.2) is 0 Å². The van der Waals surface area contributed by atoms with Gasteiger partial charge < -0.3 is 9.30 Å². The van der Waals surface area contributed by atoms with Crippen LogP contribution in [0.4, 0.5) is 0 Å². The zero-order valence-corrected chi connectivity index (χ0v) is 5.73. The molecule has 2 rings (SSSR count). The molecule has 0 bridgehead atoms. The van der Waals surface area contributed by atoms with Crippen molar-refractivity contribution >= 4 is 7.14 Å². The number of ether oxygens (including phenoxy) is 1. The van der Waals surface area contributed by atoms with Crippen LogP contribution in [0.25, 0.3) is 0 Å².